The number of halogens is 1. The highest BCUT2D eigenvalue weighted by Crippen LogP contribution is 2.10. The summed E-state index contributed by atoms with van der Waals surface area (Å²) in [6, 6.07) is 4.89. The van der Waals surface area contributed by atoms with Crippen LogP contribution in [0.3, 0.4) is 0 Å². The standard InChI is InChI=1S/C18H26FN3O3/c1-2-4-16(17(23)20-12-15-5-3-10-25-15)22-18(24)21-11-13-6-8-14(19)9-7-13/h6-9,15-16H,2-5,10-12H2,1H3,(H,20,23)(H2,21,22,24). The summed E-state index contributed by atoms with van der Waals surface area (Å²) in [5.74, 6) is -0.520. The van der Waals surface area contributed by atoms with Crippen LogP contribution in [0.4, 0.5) is 9.18 Å². The Balaban J connectivity index is 1.76. The Morgan fingerprint density at radius 3 is 2.68 bits per heavy atom. The largest absolute Gasteiger partial charge is 0.376 e. The molecule has 25 heavy (non-hydrogen) atoms. The first-order chi connectivity index (χ1) is 12.1. The molecule has 1 aliphatic rings. The van der Waals surface area contributed by atoms with E-state index in [-0.39, 0.29) is 24.4 Å². The molecule has 0 radical (unpaired) electrons. The molecule has 3 N–H and O–H groups in total. The molecular formula is C18H26FN3O3. The summed E-state index contributed by atoms with van der Waals surface area (Å²) in [6.07, 6.45) is 3.36. The Morgan fingerprint density at radius 1 is 1.28 bits per heavy atom. The van der Waals surface area contributed by atoms with Crippen molar-refractivity contribution in [1.29, 1.82) is 0 Å². The number of benzene rings is 1. The first kappa shape index (κ1) is 19.2. The number of amides is 3. The van der Waals surface area contributed by atoms with E-state index in [4.69, 9.17) is 4.74 Å². The minimum absolute atomic E-state index is 0.0681. The number of hydrogen-bond acceptors (Lipinski definition) is 3. The van der Waals surface area contributed by atoms with Crippen molar-refractivity contribution in [3.8, 4) is 0 Å². The summed E-state index contributed by atoms with van der Waals surface area (Å²) in [5, 5.41) is 8.23. The van der Waals surface area contributed by atoms with Gasteiger partial charge in [0, 0.05) is 19.7 Å². The summed E-state index contributed by atoms with van der Waals surface area (Å²) < 4.78 is 18.3. The fraction of sp³-hybridized carbons (Fsp3) is 0.556. The number of carbonyl (C=O) groups is 2. The summed E-state index contributed by atoms with van der Waals surface area (Å²) in [5.41, 5.74) is 0.784. The normalized spacial score (nSPS) is 17.8. The molecule has 138 valence electrons. The van der Waals surface area contributed by atoms with Gasteiger partial charge < -0.3 is 20.7 Å². The van der Waals surface area contributed by atoms with Crippen LogP contribution in [-0.4, -0.2) is 37.2 Å². The molecule has 0 aliphatic carbocycles. The van der Waals surface area contributed by atoms with Gasteiger partial charge in [0.2, 0.25) is 5.91 Å². The van der Waals surface area contributed by atoms with E-state index in [1.165, 1.54) is 12.1 Å². The number of rotatable bonds is 8. The van der Waals surface area contributed by atoms with Crippen molar-refractivity contribution in [2.45, 2.75) is 51.3 Å². The fourth-order valence-corrected chi connectivity index (χ4v) is 2.69. The zero-order chi connectivity index (χ0) is 18.1. The van der Waals surface area contributed by atoms with Gasteiger partial charge in [0.1, 0.15) is 11.9 Å². The van der Waals surface area contributed by atoms with Crippen LogP contribution in [0.2, 0.25) is 0 Å². The minimum Gasteiger partial charge on any atom is -0.376 e. The zero-order valence-corrected chi connectivity index (χ0v) is 14.5. The van der Waals surface area contributed by atoms with Gasteiger partial charge in [-0.2, -0.15) is 0 Å². The molecule has 0 spiro atoms. The Morgan fingerprint density at radius 2 is 2.04 bits per heavy atom. The number of carbonyl (C=O) groups excluding carboxylic acids is 2. The van der Waals surface area contributed by atoms with Gasteiger partial charge >= 0.3 is 6.03 Å². The van der Waals surface area contributed by atoms with Crippen molar-refractivity contribution >= 4 is 11.9 Å². The molecule has 2 atom stereocenters. The molecule has 0 aromatic heterocycles. The molecule has 0 bridgehead atoms. The van der Waals surface area contributed by atoms with Crippen LogP contribution in [0, 0.1) is 5.82 Å². The third-order valence-electron chi connectivity index (χ3n) is 4.09. The topological polar surface area (TPSA) is 79.5 Å². The van der Waals surface area contributed by atoms with Crippen molar-refractivity contribution in [3.63, 3.8) is 0 Å². The zero-order valence-electron chi connectivity index (χ0n) is 14.5. The van der Waals surface area contributed by atoms with E-state index >= 15 is 0 Å². The van der Waals surface area contributed by atoms with Crippen LogP contribution in [0.5, 0.6) is 0 Å². The van der Waals surface area contributed by atoms with Crippen LogP contribution < -0.4 is 16.0 Å². The van der Waals surface area contributed by atoms with Crippen molar-refractivity contribution in [1.82, 2.24) is 16.0 Å². The third-order valence-corrected chi connectivity index (χ3v) is 4.09. The van der Waals surface area contributed by atoms with E-state index in [0.29, 0.717) is 13.0 Å². The molecule has 3 amide bonds. The first-order valence-corrected chi connectivity index (χ1v) is 8.76. The van der Waals surface area contributed by atoms with Gasteiger partial charge in [-0.3, -0.25) is 4.79 Å². The Bertz CT molecular complexity index is 559. The minimum atomic E-state index is -0.584. The highest BCUT2D eigenvalue weighted by atomic mass is 19.1. The molecular weight excluding hydrogens is 325 g/mol. The second kappa shape index (κ2) is 9.98. The highest BCUT2D eigenvalue weighted by molar-refractivity contribution is 5.86. The van der Waals surface area contributed by atoms with Gasteiger partial charge in [-0.05, 0) is 37.0 Å². The van der Waals surface area contributed by atoms with E-state index < -0.39 is 12.1 Å². The number of nitrogens with one attached hydrogen (secondary N) is 3. The predicted octanol–water partition coefficient (Wildman–Crippen LogP) is 2.09. The second-order valence-corrected chi connectivity index (χ2v) is 6.17. The maximum absolute atomic E-state index is 12.9. The molecule has 1 heterocycles. The van der Waals surface area contributed by atoms with Gasteiger partial charge in [-0.25, -0.2) is 9.18 Å². The fourth-order valence-electron chi connectivity index (χ4n) is 2.69. The molecule has 0 saturated carbocycles. The van der Waals surface area contributed by atoms with Crippen LogP contribution in [-0.2, 0) is 16.1 Å². The highest BCUT2D eigenvalue weighted by Gasteiger charge is 2.22. The van der Waals surface area contributed by atoms with Crippen LogP contribution in [0.15, 0.2) is 24.3 Å². The molecule has 1 saturated heterocycles. The first-order valence-electron chi connectivity index (χ1n) is 8.76. The quantitative estimate of drug-likeness (QED) is 0.671. The summed E-state index contributed by atoms with van der Waals surface area (Å²) in [7, 11) is 0. The molecule has 2 rings (SSSR count). The predicted molar refractivity (Wildman–Crippen MR) is 92.5 cm³/mol. The van der Waals surface area contributed by atoms with E-state index in [0.717, 1.165) is 31.4 Å². The van der Waals surface area contributed by atoms with Gasteiger partial charge in [0.05, 0.1) is 6.10 Å². The van der Waals surface area contributed by atoms with Crippen molar-refractivity contribution < 1.29 is 18.7 Å². The maximum Gasteiger partial charge on any atom is 0.315 e. The molecule has 1 fully saturated rings. The van der Waals surface area contributed by atoms with Crippen molar-refractivity contribution in [2.75, 3.05) is 13.2 Å². The Labute approximate surface area is 147 Å². The SMILES string of the molecule is CCCC(NC(=O)NCc1ccc(F)cc1)C(=O)NCC1CCCO1. The molecule has 1 aromatic rings. The number of urea groups is 1. The van der Waals surface area contributed by atoms with Crippen LogP contribution in [0.25, 0.3) is 0 Å². The lowest BCUT2D eigenvalue weighted by molar-refractivity contribution is -0.123. The van der Waals surface area contributed by atoms with E-state index in [9.17, 15) is 14.0 Å². The molecule has 7 heteroatoms. The molecule has 2 unspecified atom stereocenters. The number of ether oxygens (including phenoxy) is 1. The van der Waals surface area contributed by atoms with Crippen molar-refractivity contribution in [3.05, 3.63) is 35.6 Å². The van der Waals surface area contributed by atoms with Gasteiger partial charge in [0.25, 0.3) is 0 Å². The molecule has 1 aliphatic heterocycles. The van der Waals surface area contributed by atoms with Gasteiger partial charge in [-0.15, -0.1) is 0 Å². The average Bonchev–Trinajstić information content (AvgIpc) is 3.12. The van der Waals surface area contributed by atoms with E-state index in [2.05, 4.69) is 16.0 Å². The van der Waals surface area contributed by atoms with Gasteiger partial charge in [-0.1, -0.05) is 25.5 Å². The van der Waals surface area contributed by atoms with E-state index in [1.54, 1.807) is 12.1 Å². The van der Waals surface area contributed by atoms with Crippen LogP contribution in [0.1, 0.15) is 38.2 Å². The summed E-state index contributed by atoms with van der Waals surface area (Å²) in [4.78, 5) is 24.3. The lowest BCUT2D eigenvalue weighted by Crippen LogP contribution is -2.50. The monoisotopic (exact) mass is 351 g/mol. The summed E-state index contributed by atoms with van der Waals surface area (Å²) in [6.45, 7) is 3.43. The van der Waals surface area contributed by atoms with Crippen LogP contribution >= 0.6 is 0 Å². The lowest BCUT2D eigenvalue weighted by Gasteiger charge is -2.19. The summed E-state index contributed by atoms with van der Waals surface area (Å²) >= 11 is 0. The lowest BCUT2D eigenvalue weighted by atomic mass is 10.1. The maximum atomic E-state index is 12.9. The van der Waals surface area contributed by atoms with Gasteiger partial charge in [0.15, 0.2) is 0 Å². The average molecular weight is 351 g/mol. The van der Waals surface area contributed by atoms with E-state index in [1.807, 2.05) is 6.92 Å². The Kier molecular flexibility index (Phi) is 7.66. The molecule has 1 aromatic carbocycles. The molecule has 6 nitrogen and oxygen atoms in total. The van der Waals surface area contributed by atoms with Crippen molar-refractivity contribution in [2.24, 2.45) is 0 Å². The Hall–Kier alpha value is -2.15. The smallest absolute Gasteiger partial charge is 0.315 e. The number of hydrogen-bond donors (Lipinski definition) is 3. The third kappa shape index (κ3) is 6.70. The second-order valence-electron chi connectivity index (χ2n) is 6.17.